The number of carbonyl (C=O) groups excluding carboxylic acids is 2. The van der Waals surface area contributed by atoms with Gasteiger partial charge in [0.25, 0.3) is 5.91 Å². The van der Waals surface area contributed by atoms with Gasteiger partial charge in [-0.25, -0.2) is 8.78 Å². The normalized spacial score (nSPS) is 14.2. The van der Waals surface area contributed by atoms with Gasteiger partial charge < -0.3 is 15.5 Å². The van der Waals surface area contributed by atoms with Crippen LogP contribution in [0.2, 0.25) is 0 Å². The summed E-state index contributed by atoms with van der Waals surface area (Å²) in [4.78, 5) is 26.8. The minimum atomic E-state index is -0.974. The first-order valence-corrected chi connectivity index (χ1v) is 9.64. The average molecular weight is 405 g/mol. The van der Waals surface area contributed by atoms with E-state index in [-0.39, 0.29) is 17.8 Å². The number of halogens is 2. The molecular weight excluding hydrogens is 380 g/mol. The number of carbonyl (C=O) groups is 2. The first-order chi connectivity index (χ1) is 13.8. The van der Waals surface area contributed by atoms with Gasteiger partial charge in [-0.2, -0.15) is 5.10 Å². The summed E-state index contributed by atoms with van der Waals surface area (Å²) in [6, 6.07) is 3.44. The Bertz CT molecular complexity index is 907. The van der Waals surface area contributed by atoms with E-state index in [0.717, 1.165) is 43.4 Å². The Labute approximate surface area is 168 Å². The van der Waals surface area contributed by atoms with Crippen molar-refractivity contribution < 1.29 is 18.4 Å². The molecule has 1 saturated heterocycles. The molecule has 0 spiro atoms. The van der Waals surface area contributed by atoms with E-state index in [4.69, 9.17) is 0 Å². The molecule has 2 N–H and O–H groups in total. The average Bonchev–Trinajstić information content (AvgIpc) is 3.27. The molecule has 29 heavy (non-hydrogen) atoms. The Hall–Kier alpha value is -2.81. The Morgan fingerprint density at radius 2 is 1.83 bits per heavy atom. The van der Waals surface area contributed by atoms with E-state index in [2.05, 4.69) is 20.6 Å². The van der Waals surface area contributed by atoms with Crippen LogP contribution in [0.3, 0.4) is 0 Å². The number of likely N-dealkylation sites (tertiary alicyclic amines) is 1. The van der Waals surface area contributed by atoms with Crippen molar-refractivity contribution in [3.63, 3.8) is 0 Å². The molecule has 0 aliphatic carbocycles. The molecule has 0 saturated carbocycles. The van der Waals surface area contributed by atoms with Crippen molar-refractivity contribution >= 4 is 17.5 Å². The van der Waals surface area contributed by atoms with E-state index in [0.29, 0.717) is 19.2 Å². The lowest BCUT2D eigenvalue weighted by atomic mass is 10.1. The fraction of sp³-hybridized carbons (Fsp3) is 0.450. The Balaban J connectivity index is 1.63. The lowest BCUT2D eigenvalue weighted by molar-refractivity contribution is -0.117. The van der Waals surface area contributed by atoms with Gasteiger partial charge in [0.15, 0.2) is 0 Å². The minimum Gasteiger partial charge on any atom is -0.351 e. The largest absolute Gasteiger partial charge is 0.351 e. The van der Waals surface area contributed by atoms with Crippen molar-refractivity contribution in [3.05, 3.63) is 46.8 Å². The smallest absolute Gasteiger partial charge is 0.254 e. The predicted molar refractivity (Wildman–Crippen MR) is 105 cm³/mol. The number of nitrogens with one attached hydrogen (secondary N) is 2. The summed E-state index contributed by atoms with van der Waals surface area (Å²) in [6.07, 6.45) is 2.28. The number of hydrogen-bond donors (Lipinski definition) is 2. The van der Waals surface area contributed by atoms with E-state index >= 15 is 0 Å². The van der Waals surface area contributed by atoms with Crippen LogP contribution >= 0.6 is 0 Å². The summed E-state index contributed by atoms with van der Waals surface area (Å²) in [6.45, 7) is 6.52. The van der Waals surface area contributed by atoms with Crippen LogP contribution in [0.25, 0.3) is 0 Å². The summed E-state index contributed by atoms with van der Waals surface area (Å²) in [5, 5.41) is 9.21. The number of anilines is 1. The van der Waals surface area contributed by atoms with Gasteiger partial charge in [-0.1, -0.05) is 0 Å². The number of nitrogens with zero attached hydrogens (tertiary/aromatic N) is 3. The number of benzene rings is 1. The van der Waals surface area contributed by atoms with Crippen molar-refractivity contribution in [2.24, 2.45) is 0 Å². The third-order valence-electron chi connectivity index (χ3n) is 4.88. The molecule has 0 radical (unpaired) electrons. The first kappa shape index (κ1) is 20.9. The van der Waals surface area contributed by atoms with Gasteiger partial charge in [-0.3, -0.25) is 14.3 Å². The van der Waals surface area contributed by atoms with Gasteiger partial charge in [-0.15, -0.1) is 0 Å². The zero-order valence-corrected chi connectivity index (χ0v) is 16.6. The Kier molecular flexibility index (Phi) is 6.58. The first-order valence-electron chi connectivity index (χ1n) is 9.64. The molecule has 2 aromatic rings. The van der Waals surface area contributed by atoms with Crippen LogP contribution in [0.15, 0.2) is 18.2 Å². The second-order valence-electron chi connectivity index (χ2n) is 7.25. The number of hydrogen-bond acceptors (Lipinski definition) is 4. The summed E-state index contributed by atoms with van der Waals surface area (Å²) in [7, 11) is 0. The summed E-state index contributed by atoms with van der Waals surface area (Å²) < 4.78 is 29.7. The SMILES string of the molecule is Cc1cc(C)n(CC(=O)Nc2cc(C(=O)NCCN3CCCC3)c(F)cc2F)n1. The number of rotatable bonds is 7. The van der Waals surface area contributed by atoms with Crippen molar-refractivity contribution in [2.75, 3.05) is 31.5 Å². The number of aryl methyl sites for hydroxylation is 2. The van der Waals surface area contributed by atoms with Crippen molar-refractivity contribution in [3.8, 4) is 0 Å². The van der Waals surface area contributed by atoms with Gasteiger partial charge in [0, 0.05) is 24.8 Å². The molecule has 0 unspecified atom stereocenters. The lowest BCUT2D eigenvalue weighted by Crippen LogP contribution is -2.34. The monoisotopic (exact) mass is 405 g/mol. The van der Waals surface area contributed by atoms with E-state index < -0.39 is 23.4 Å². The third-order valence-corrected chi connectivity index (χ3v) is 4.88. The van der Waals surface area contributed by atoms with E-state index in [1.807, 2.05) is 6.07 Å². The Morgan fingerprint density at radius 1 is 1.10 bits per heavy atom. The molecule has 2 amide bonds. The van der Waals surface area contributed by atoms with Crippen LogP contribution in [0.5, 0.6) is 0 Å². The molecular formula is C20H25F2N5O2. The Morgan fingerprint density at radius 3 is 2.48 bits per heavy atom. The molecule has 3 rings (SSSR count). The molecule has 9 heteroatoms. The number of aromatic nitrogens is 2. The minimum absolute atomic E-state index is 0.117. The lowest BCUT2D eigenvalue weighted by Gasteiger charge is -2.15. The molecule has 2 heterocycles. The molecule has 1 aliphatic heterocycles. The van der Waals surface area contributed by atoms with Crippen LogP contribution in [-0.2, 0) is 11.3 Å². The molecule has 0 bridgehead atoms. The quantitative estimate of drug-likeness (QED) is 0.741. The van der Waals surface area contributed by atoms with Gasteiger partial charge in [0.05, 0.1) is 16.9 Å². The molecule has 1 aromatic carbocycles. The van der Waals surface area contributed by atoms with Crippen LogP contribution in [0, 0.1) is 25.5 Å². The highest BCUT2D eigenvalue weighted by atomic mass is 19.1. The van der Waals surface area contributed by atoms with E-state index in [1.165, 1.54) is 4.68 Å². The number of amides is 2. The predicted octanol–water partition coefficient (Wildman–Crippen LogP) is 2.24. The van der Waals surface area contributed by atoms with Gasteiger partial charge in [0.2, 0.25) is 5.91 Å². The van der Waals surface area contributed by atoms with E-state index in [9.17, 15) is 18.4 Å². The molecule has 1 aromatic heterocycles. The van der Waals surface area contributed by atoms with Crippen molar-refractivity contribution in [2.45, 2.75) is 33.2 Å². The zero-order chi connectivity index (χ0) is 21.0. The van der Waals surface area contributed by atoms with Gasteiger partial charge in [-0.05, 0) is 51.9 Å². The molecule has 156 valence electrons. The summed E-state index contributed by atoms with van der Waals surface area (Å²) in [5.74, 6) is -3.09. The van der Waals surface area contributed by atoms with Crippen molar-refractivity contribution in [1.29, 1.82) is 0 Å². The zero-order valence-electron chi connectivity index (χ0n) is 16.6. The van der Waals surface area contributed by atoms with E-state index in [1.54, 1.807) is 13.8 Å². The molecule has 7 nitrogen and oxygen atoms in total. The van der Waals surface area contributed by atoms with Crippen LogP contribution in [-0.4, -0.2) is 52.7 Å². The summed E-state index contributed by atoms with van der Waals surface area (Å²) >= 11 is 0. The molecule has 0 atom stereocenters. The molecule has 1 fully saturated rings. The van der Waals surface area contributed by atoms with Crippen molar-refractivity contribution in [1.82, 2.24) is 20.0 Å². The third kappa shape index (κ3) is 5.38. The fourth-order valence-electron chi connectivity index (χ4n) is 3.41. The second kappa shape index (κ2) is 9.13. The van der Waals surface area contributed by atoms with Crippen LogP contribution in [0.4, 0.5) is 14.5 Å². The van der Waals surface area contributed by atoms with Gasteiger partial charge in [0.1, 0.15) is 18.2 Å². The molecule has 1 aliphatic rings. The maximum absolute atomic E-state index is 14.1. The second-order valence-corrected chi connectivity index (χ2v) is 7.25. The van der Waals surface area contributed by atoms with Crippen LogP contribution in [0.1, 0.15) is 34.6 Å². The van der Waals surface area contributed by atoms with Gasteiger partial charge >= 0.3 is 0 Å². The maximum Gasteiger partial charge on any atom is 0.254 e. The fourth-order valence-corrected chi connectivity index (χ4v) is 3.41. The summed E-state index contributed by atoms with van der Waals surface area (Å²) in [5.41, 5.74) is 0.989. The standard InChI is InChI=1S/C20H25F2N5O2/c1-13-9-14(2)27(25-13)12-19(28)24-18-10-15(16(21)11-17(18)22)20(29)23-5-8-26-6-3-4-7-26/h9-11H,3-8,12H2,1-2H3,(H,23,29)(H,24,28). The highest BCUT2D eigenvalue weighted by molar-refractivity contribution is 5.97. The van der Waals surface area contributed by atoms with Crippen LogP contribution < -0.4 is 10.6 Å². The highest BCUT2D eigenvalue weighted by Gasteiger charge is 2.18. The topological polar surface area (TPSA) is 79.3 Å². The maximum atomic E-state index is 14.1. The highest BCUT2D eigenvalue weighted by Crippen LogP contribution is 2.20.